The van der Waals surface area contributed by atoms with Crippen LogP contribution in [-0.4, -0.2) is 59.6 Å². The summed E-state index contributed by atoms with van der Waals surface area (Å²) < 4.78 is 6.16. The SMILES string of the molecule is Nc1ncc(C(=O)N2CCO[C@@H](CN3CCCC3)[C@@H]2c2ccccc2)s1. The molecule has 3 heterocycles. The van der Waals surface area contributed by atoms with Gasteiger partial charge in [-0.2, -0.15) is 0 Å². The Morgan fingerprint density at radius 3 is 2.69 bits per heavy atom. The van der Waals surface area contributed by atoms with Crippen molar-refractivity contribution in [3.05, 3.63) is 47.0 Å². The summed E-state index contributed by atoms with van der Waals surface area (Å²) in [6.45, 7) is 4.21. The largest absolute Gasteiger partial charge is 0.375 e. The van der Waals surface area contributed by atoms with Crippen molar-refractivity contribution in [2.45, 2.75) is 25.0 Å². The Morgan fingerprint density at radius 2 is 2.00 bits per heavy atom. The number of hydrogen-bond acceptors (Lipinski definition) is 6. The molecule has 0 radical (unpaired) electrons. The molecule has 1 aromatic carbocycles. The second kappa shape index (κ2) is 7.73. The van der Waals surface area contributed by atoms with E-state index in [4.69, 9.17) is 10.5 Å². The predicted molar refractivity (Wildman–Crippen MR) is 102 cm³/mol. The van der Waals surface area contributed by atoms with Crippen LogP contribution >= 0.6 is 11.3 Å². The molecular formula is C19H24N4O2S. The predicted octanol–water partition coefficient (Wildman–Crippen LogP) is 2.40. The molecule has 0 saturated carbocycles. The summed E-state index contributed by atoms with van der Waals surface area (Å²) in [6.07, 6.45) is 4.03. The number of hydrogen-bond donors (Lipinski definition) is 1. The number of carbonyl (C=O) groups excluding carboxylic acids is 1. The molecule has 7 heteroatoms. The average Bonchev–Trinajstić information content (AvgIpc) is 3.33. The zero-order valence-electron chi connectivity index (χ0n) is 14.7. The molecule has 0 spiro atoms. The van der Waals surface area contributed by atoms with E-state index < -0.39 is 0 Å². The van der Waals surface area contributed by atoms with Gasteiger partial charge in [-0.3, -0.25) is 4.79 Å². The minimum atomic E-state index is -0.0959. The molecule has 2 aliphatic rings. The molecule has 2 saturated heterocycles. The number of anilines is 1. The van der Waals surface area contributed by atoms with E-state index in [1.165, 1.54) is 24.2 Å². The van der Waals surface area contributed by atoms with E-state index in [1.54, 1.807) is 6.20 Å². The van der Waals surface area contributed by atoms with Crippen LogP contribution in [0.5, 0.6) is 0 Å². The highest BCUT2D eigenvalue weighted by Gasteiger charge is 2.38. The number of rotatable bonds is 4. The fraction of sp³-hybridized carbons (Fsp3) is 0.474. The molecule has 1 amide bonds. The van der Waals surface area contributed by atoms with Crippen molar-refractivity contribution >= 4 is 22.4 Å². The lowest BCUT2D eigenvalue weighted by atomic mass is 9.97. The molecule has 0 bridgehead atoms. The molecule has 138 valence electrons. The van der Waals surface area contributed by atoms with Gasteiger partial charge < -0.3 is 20.3 Å². The van der Waals surface area contributed by atoms with Gasteiger partial charge in [-0.1, -0.05) is 41.7 Å². The molecule has 2 fully saturated rings. The van der Waals surface area contributed by atoms with Crippen molar-refractivity contribution in [1.82, 2.24) is 14.8 Å². The van der Waals surface area contributed by atoms with E-state index in [2.05, 4.69) is 22.0 Å². The average molecular weight is 372 g/mol. The fourth-order valence-electron chi connectivity index (χ4n) is 3.91. The summed E-state index contributed by atoms with van der Waals surface area (Å²) in [5, 5.41) is 0.423. The molecule has 2 N–H and O–H groups in total. The molecule has 0 unspecified atom stereocenters. The molecule has 2 aliphatic heterocycles. The van der Waals surface area contributed by atoms with Gasteiger partial charge in [0.15, 0.2) is 5.13 Å². The van der Waals surface area contributed by atoms with E-state index in [0.29, 0.717) is 23.2 Å². The van der Waals surface area contributed by atoms with Gasteiger partial charge >= 0.3 is 0 Å². The minimum absolute atomic E-state index is 0.0113. The maximum absolute atomic E-state index is 13.2. The van der Waals surface area contributed by atoms with E-state index in [9.17, 15) is 4.79 Å². The van der Waals surface area contributed by atoms with Crippen LogP contribution in [0.1, 0.15) is 34.1 Å². The number of ether oxygens (including phenoxy) is 1. The van der Waals surface area contributed by atoms with Crippen LogP contribution in [0.15, 0.2) is 36.5 Å². The molecular weight excluding hydrogens is 348 g/mol. The summed E-state index contributed by atoms with van der Waals surface area (Å²) >= 11 is 1.25. The number of thiazole rings is 1. The number of aromatic nitrogens is 1. The van der Waals surface area contributed by atoms with Gasteiger partial charge in [-0.15, -0.1) is 0 Å². The molecule has 4 rings (SSSR count). The summed E-state index contributed by atoms with van der Waals surface area (Å²) in [7, 11) is 0. The fourth-order valence-corrected chi connectivity index (χ4v) is 4.55. The second-order valence-corrected chi connectivity index (χ2v) is 7.90. The number of nitrogens with zero attached hydrogens (tertiary/aromatic N) is 3. The van der Waals surface area contributed by atoms with Crippen molar-refractivity contribution < 1.29 is 9.53 Å². The number of nitrogens with two attached hydrogens (primary N) is 1. The third-order valence-electron chi connectivity index (χ3n) is 5.13. The highest BCUT2D eigenvalue weighted by atomic mass is 32.1. The van der Waals surface area contributed by atoms with Gasteiger partial charge in [0.05, 0.1) is 24.9 Å². The standard InChI is InChI=1S/C19H24N4O2S/c20-19-21-12-16(26-19)18(24)23-10-11-25-15(13-22-8-4-5-9-22)17(23)14-6-2-1-3-7-14/h1-3,6-7,12,15,17H,4-5,8-11,13H2,(H2,20,21)/t15-,17-/m0/s1. The molecule has 26 heavy (non-hydrogen) atoms. The second-order valence-electron chi connectivity index (χ2n) is 6.83. The molecule has 2 atom stereocenters. The first-order valence-corrected chi connectivity index (χ1v) is 9.95. The maximum atomic E-state index is 13.2. The highest BCUT2D eigenvalue weighted by Crippen LogP contribution is 2.33. The Morgan fingerprint density at radius 1 is 1.23 bits per heavy atom. The first-order chi connectivity index (χ1) is 12.7. The van der Waals surface area contributed by atoms with E-state index >= 15 is 0 Å². The van der Waals surface area contributed by atoms with Gasteiger partial charge in [0.2, 0.25) is 0 Å². The number of benzene rings is 1. The Kier molecular flexibility index (Phi) is 5.19. The van der Waals surface area contributed by atoms with Crippen molar-refractivity contribution in [2.24, 2.45) is 0 Å². The van der Waals surface area contributed by atoms with Crippen LogP contribution in [-0.2, 0) is 4.74 Å². The van der Waals surface area contributed by atoms with Crippen LogP contribution in [0.4, 0.5) is 5.13 Å². The normalized spacial score (nSPS) is 24.1. The monoisotopic (exact) mass is 372 g/mol. The van der Waals surface area contributed by atoms with Crippen LogP contribution in [0.3, 0.4) is 0 Å². The Balaban J connectivity index is 1.63. The smallest absolute Gasteiger partial charge is 0.266 e. The Bertz CT molecular complexity index is 745. The van der Waals surface area contributed by atoms with Crippen LogP contribution < -0.4 is 5.73 Å². The zero-order chi connectivity index (χ0) is 17.9. The van der Waals surface area contributed by atoms with E-state index in [-0.39, 0.29) is 18.1 Å². The number of carbonyl (C=O) groups is 1. The number of likely N-dealkylation sites (tertiary alicyclic amines) is 1. The van der Waals surface area contributed by atoms with Crippen molar-refractivity contribution in [3.63, 3.8) is 0 Å². The molecule has 1 aromatic heterocycles. The number of nitrogen functional groups attached to an aromatic ring is 1. The topological polar surface area (TPSA) is 71.7 Å². The lowest BCUT2D eigenvalue weighted by Gasteiger charge is -2.42. The van der Waals surface area contributed by atoms with Crippen LogP contribution in [0.2, 0.25) is 0 Å². The van der Waals surface area contributed by atoms with Crippen molar-refractivity contribution in [3.8, 4) is 0 Å². The third-order valence-corrected chi connectivity index (χ3v) is 5.94. The lowest BCUT2D eigenvalue weighted by molar-refractivity contribution is -0.0706. The van der Waals surface area contributed by atoms with Gasteiger partial charge in [0.1, 0.15) is 4.88 Å². The summed E-state index contributed by atoms with van der Waals surface area (Å²) in [5.41, 5.74) is 6.85. The first-order valence-electron chi connectivity index (χ1n) is 9.13. The highest BCUT2D eigenvalue weighted by molar-refractivity contribution is 7.17. The van der Waals surface area contributed by atoms with Crippen molar-refractivity contribution in [1.29, 1.82) is 0 Å². The first kappa shape index (κ1) is 17.5. The van der Waals surface area contributed by atoms with Gasteiger partial charge in [-0.25, -0.2) is 4.98 Å². The molecule has 0 aliphatic carbocycles. The maximum Gasteiger partial charge on any atom is 0.266 e. The van der Waals surface area contributed by atoms with Gasteiger partial charge in [0, 0.05) is 13.1 Å². The van der Waals surface area contributed by atoms with Crippen LogP contribution in [0.25, 0.3) is 0 Å². The third kappa shape index (κ3) is 3.60. The lowest BCUT2D eigenvalue weighted by Crippen LogP contribution is -2.51. The Labute approximate surface area is 157 Å². The summed E-state index contributed by atoms with van der Waals surface area (Å²) in [4.78, 5) is 22.2. The minimum Gasteiger partial charge on any atom is -0.375 e. The zero-order valence-corrected chi connectivity index (χ0v) is 15.5. The molecule has 2 aromatic rings. The summed E-state index contributed by atoms with van der Waals surface area (Å²) in [6, 6.07) is 10.1. The van der Waals surface area contributed by atoms with Crippen LogP contribution in [0, 0.1) is 0 Å². The quantitative estimate of drug-likeness (QED) is 0.892. The number of amides is 1. The van der Waals surface area contributed by atoms with Crippen molar-refractivity contribution in [2.75, 3.05) is 38.5 Å². The van der Waals surface area contributed by atoms with Gasteiger partial charge in [0.25, 0.3) is 5.91 Å². The number of morpholine rings is 1. The Hall–Kier alpha value is -1.96. The van der Waals surface area contributed by atoms with E-state index in [1.807, 2.05) is 23.1 Å². The van der Waals surface area contributed by atoms with E-state index in [0.717, 1.165) is 25.2 Å². The molecule has 6 nitrogen and oxygen atoms in total. The van der Waals surface area contributed by atoms with Gasteiger partial charge in [-0.05, 0) is 31.5 Å². The summed E-state index contributed by atoms with van der Waals surface area (Å²) in [5.74, 6) is -0.0113.